The molecule has 0 fully saturated rings. The first-order chi connectivity index (χ1) is 9.85. The lowest BCUT2D eigenvalue weighted by atomic mass is 10.2. The molecule has 0 unspecified atom stereocenters. The summed E-state index contributed by atoms with van der Waals surface area (Å²) in [6.07, 6.45) is 1.55. The number of hydrogen-bond donors (Lipinski definition) is 1. The van der Waals surface area contributed by atoms with E-state index < -0.39 is 0 Å². The average molecular weight is 282 g/mol. The SMILES string of the molecule is N#Cc1csc(CNc2cccc(-n3cnnn3)c2)c1. The molecule has 0 aliphatic rings. The third kappa shape index (κ3) is 2.65. The summed E-state index contributed by atoms with van der Waals surface area (Å²) in [7, 11) is 0. The summed E-state index contributed by atoms with van der Waals surface area (Å²) >= 11 is 1.57. The lowest BCUT2D eigenvalue weighted by Crippen LogP contribution is -2.00. The topological polar surface area (TPSA) is 79.4 Å². The number of thiophene rings is 1. The van der Waals surface area contributed by atoms with Crippen LogP contribution < -0.4 is 5.32 Å². The molecule has 0 atom stereocenters. The Bertz CT molecular complexity index is 740. The maximum atomic E-state index is 8.79. The second kappa shape index (κ2) is 5.50. The van der Waals surface area contributed by atoms with Gasteiger partial charge in [0.2, 0.25) is 0 Å². The van der Waals surface area contributed by atoms with Crippen molar-refractivity contribution in [2.45, 2.75) is 6.54 Å². The Morgan fingerprint density at radius 1 is 1.35 bits per heavy atom. The highest BCUT2D eigenvalue weighted by Gasteiger charge is 2.01. The van der Waals surface area contributed by atoms with Crippen LogP contribution in [-0.4, -0.2) is 20.2 Å². The van der Waals surface area contributed by atoms with E-state index in [9.17, 15) is 0 Å². The minimum Gasteiger partial charge on any atom is -0.380 e. The minimum absolute atomic E-state index is 0.686. The standard InChI is InChI=1S/C13H10N6S/c14-6-10-4-13(20-8-10)7-15-11-2-1-3-12(5-11)19-9-16-17-18-19/h1-5,8-9,15H,7H2. The van der Waals surface area contributed by atoms with Crippen molar-refractivity contribution in [2.75, 3.05) is 5.32 Å². The predicted molar refractivity (Wildman–Crippen MR) is 75.5 cm³/mol. The van der Waals surface area contributed by atoms with Crippen molar-refractivity contribution in [2.24, 2.45) is 0 Å². The van der Waals surface area contributed by atoms with Crippen LogP contribution in [0, 0.1) is 11.3 Å². The Morgan fingerprint density at radius 2 is 2.30 bits per heavy atom. The number of nitriles is 1. The molecule has 2 aromatic heterocycles. The molecule has 0 aliphatic carbocycles. The second-order valence-corrected chi connectivity index (χ2v) is 5.07. The van der Waals surface area contributed by atoms with Gasteiger partial charge in [0.25, 0.3) is 0 Å². The largest absolute Gasteiger partial charge is 0.380 e. The van der Waals surface area contributed by atoms with Gasteiger partial charge in [0.1, 0.15) is 12.4 Å². The zero-order valence-corrected chi connectivity index (χ0v) is 11.2. The average Bonchev–Trinajstić information content (AvgIpc) is 3.17. The van der Waals surface area contributed by atoms with Gasteiger partial charge in [-0.25, -0.2) is 4.68 Å². The van der Waals surface area contributed by atoms with Crippen molar-refractivity contribution in [3.8, 4) is 11.8 Å². The van der Waals surface area contributed by atoms with E-state index in [0.717, 1.165) is 16.3 Å². The molecule has 20 heavy (non-hydrogen) atoms. The monoisotopic (exact) mass is 282 g/mol. The number of aromatic nitrogens is 4. The van der Waals surface area contributed by atoms with Crippen LogP contribution in [0.25, 0.3) is 5.69 Å². The van der Waals surface area contributed by atoms with Crippen molar-refractivity contribution < 1.29 is 0 Å². The molecule has 0 saturated carbocycles. The highest BCUT2D eigenvalue weighted by Crippen LogP contribution is 2.18. The first kappa shape index (κ1) is 12.3. The van der Waals surface area contributed by atoms with Crippen LogP contribution in [0.15, 0.2) is 42.0 Å². The summed E-state index contributed by atoms with van der Waals surface area (Å²) in [6.45, 7) is 0.686. The smallest absolute Gasteiger partial charge is 0.143 e. The molecule has 7 heteroatoms. The van der Waals surface area contributed by atoms with Gasteiger partial charge in [-0.1, -0.05) is 6.07 Å². The van der Waals surface area contributed by atoms with E-state index in [0.29, 0.717) is 12.1 Å². The molecule has 2 heterocycles. The zero-order chi connectivity index (χ0) is 13.8. The molecule has 0 amide bonds. The summed E-state index contributed by atoms with van der Waals surface area (Å²) in [5, 5.41) is 25.1. The number of nitrogens with one attached hydrogen (secondary N) is 1. The van der Waals surface area contributed by atoms with Gasteiger partial charge < -0.3 is 5.32 Å². The Kier molecular flexibility index (Phi) is 3.39. The van der Waals surface area contributed by atoms with Crippen LogP contribution in [0.3, 0.4) is 0 Å². The molecule has 0 aliphatic heterocycles. The number of anilines is 1. The van der Waals surface area contributed by atoms with Gasteiger partial charge in [-0.3, -0.25) is 0 Å². The van der Waals surface area contributed by atoms with Crippen molar-refractivity contribution >= 4 is 17.0 Å². The van der Waals surface area contributed by atoms with Crippen LogP contribution in [0.5, 0.6) is 0 Å². The normalized spacial score (nSPS) is 10.2. The molecule has 6 nitrogen and oxygen atoms in total. The highest BCUT2D eigenvalue weighted by atomic mass is 32.1. The number of benzene rings is 1. The van der Waals surface area contributed by atoms with Crippen molar-refractivity contribution in [1.82, 2.24) is 20.2 Å². The zero-order valence-electron chi connectivity index (χ0n) is 10.4. The molecule has 0 radical (unpaired) electrons. The van der Waals surface area contributed by atoms with Gasteiger partial charge in [-0.2, -0.15) is 5.26 Å². The number of rotatable bonds is 4. The summed E-state index contributed by atoms with van der Waals surface area (Å²) < 4.78 is 1.60. The van der Waals surface area contributed by atoms with Crippen molar-refractivity contribution in [3.05, 3.63) is 52.5 Å². The van der Waals surface area contributed by atoms with E-state index in [1.165, 1.54) is 0 Å². The number of tetrazole rings is 1. The number of nitrogens with zero attached hydrogens (tertiary/aromatic N) is 5. The van der Waals surface area contributed by atoms with E-state index in [1.54, 1.807) is 22.3 Å². The lowest BCUT2D eigenvalue weighted by Gasteiger charge is -2.06. The fraction of sp³-hybridized carbons (Fsp3) is 0.0769. The Morgan fingerprint density at radius 3 is 3.05 bits per heavy atom. The van der Waals surface area contributed by atoms with Crippen LogP contribution in [0.4, 0.5) is 5.69 Å². The summed E-state index contributed by atoms with van der Waals surface area (Å²) in [5.41, 5.74) is 2.57. The Balaban J connectivity index is 1.72. The van der Waals surface area contributed by atoms with Gasteiger partial charge >= 0.3 is 0 Å². The molecule has 98 valence electrons. The molecular weight excluding hydrogens is 272 g/mol. The fourth-order valence-electron chi connectivity index (χ4n) is 1.76. The lowest BCUT2D eigenvalue weighted by molar-refractivity contribution is 0.789. The van der Waals surface area contributed by atoms with Crippen LogP contribution >= 0.6 is 11.3 Å². The second-order valence-electron chi connectivity index (χ2n) is 4.07. The summed E-state index contributed by atoms with van der Waals surface area (Å²) in [4.78, 5) is 1.12. The van der Waals surface area contributed by atoms with Gasteiger partial charge in [0, 0.05) is 22.5 Å². The van der Waals surface area contributed by atoms with E-state index in [2.05, 4.69) is 26.9 Å². The fourth-order valence-corrected chi connectivity index (χ4v) is 2.51. The highest BCUT2D eigenvalue weighted by molar-refractivity contribution is 7.10. The molecule has 0 bridgehead atoms. The van der Waals surface area contributed by atoms with Gasteiger partial charge in [0.05, 0.1) is 11.3 Å². The van der Waals surface area contributed by atoms with E-state index in [-0.39, 0.29) is 0 Å². The van der Waals surface area contributed by atoms with Crippen LogP contribution in [0.1, 0.15) is 10.4 Å². The van der Waals surface area contributed by atoms with Crippen molar-refractivity contribution in [3.63, 3.8) is 0 Å². The molecule has 3 aromatic rings. The molecule has 0 spiro atoms. The third-order valence-corrected chi connectivity index (χ3v) is 3.65. The molecule has 3 rings (SSSR count). The Labute approximate surface area is 119 Å². The van der Waals surface area contributed by atoms with E-state index in [1.807, 2.05) is 35.7 Å². The molecule has 1 N–H and O–H groups in total. The molecule has 0 saturated heterocycles. The minimum atomic E-state index is 0.686. The number of hydrogen-bond acceptors (Lipinski definition) is 6. The third-order valence-electron chi connectivity index (χ3n) is 2.71. The van der Waals surface area contributed by atoms with Gasteiger partial charge in [-0.15, -0.1) is 16.4 Å². The van der Waals surface area contributed by atoms with Crippen molar-refractivity contribution in [1.29, 1.82) is 5.26 Å². The summed E-state index contributed by atoms with van der Waals surface area (Å²) in [6, 6.07) is 11.8. The van der Waals surface area contributed by atoms with Gasteiger partial charge in [0.15, 0.2) is 0 Å². The molecule has 1 aromatic carbocycles. The molecular formula is C13H10N6S. The Hall–Kier alpha value is -2.72. The van der Waals surface area contributed by atoms with E-state index in [4.69, 9.17) is 5.26 Å². The summed E-state index contributed by atoms with van der Waals surface area (Å²) in [5.74, 6) is 0. The maximum Gasteiger partial charge on any atom is 0.143 e. The van der Waals surface area contributed by atoms with E-state index >= 15 is 0 Å². The first-order valence-corrected chi connectivity index (χ1v) is 6.78. The maximum absolute atomic E-state index is 8.79. The quantitative estimate of drug-likeness (QED) is 0.793. The first-order valence-electron chi connectivity index (χ1n) is 5.90. The van der Waals surface area contributed by atoms with Crippen LogP contribution in [0.2, 0.25) is 0 Å². The van der Waals surface area contributed by atoms with Crippen LogP contribution in [-0.2, 0) is 6.54 Å². The predicted octanol–water partition coefficient (Wildman–Crippen LogP) is 2.21. The van der Waals surface area contributed by atoms with Gasteiger partial charge in [-0.05, 0) is 34.7 Å².